The highest BCUT2D eigenvalue weighted by Crippen LogP contribution is 2.67. The van der Waals surface area contributed by atoms with Crippen molar-refractivity contribution >= 4 is 188 Å². The van der Waals surface area contributed by atoms with E-state index < -0.39 is 0 Å². The van der Waals surface area contributed by atoms with E-state index in [0.717, 1.165) is 35.4 Å². The predicted molar refractivity (Wildman–Crippen MR) is 259 cm³/mol. The third-order valence-electron chi connectivity index (χ3n) is 6.07. The Kier molecular flexibility index (Phi) is 23.6. The lowest BCUT2D eigenvalue weighted by Crippen LogP contribution is -2.08. The first kappa shape index (κ1) is 45.5. The Morgan fingerprint density at radius 2 is 0.765 bits per heavy atom. The Hall–Kier alpha value is 3.37. The molecule has 0 atom stereocenters. The number of rotatable bonds is 6. The van der Waals surface area contributed by atoms with Crippen LogP contribution in [-0.4, -0.2) is 100 Å². The summed E-state index contributed by atoms with van der Waals surface area (Å²) in [5.41, 5.74) is 0. The van der Waals surface area contributed by atoms with E-state index in [2.05, 4.69) is 24.8 Å². The highest BCUT2D eigenvalue weighted by molar-refractivity contribution is 8.46. The fraction of sp³-hybridized carbons (Fsp3) is 0.567. The molecule has 0 aromatic heterocycles. The Morgan fingerprint density at radius 1 is 0.451 bits per heavy atom. The van der Waals surface area contributed by atoms with Gasteiger partial charge in [-0.05, 0) is 18.8 Å². The van der Waals surface area contributed by atoms with Crippen molar-refractivity contribution in [2.75, 3.05) is 100 Å². The molecule has 0 radical (unpaired) electrons. The molecule has 5 aliphatic rings. The number of nitrogens with zero attached hydrogens (tertiary/aromatic N) is 1. The minimum Gasteiger partial charge on any atom is -0.378 e. The molecule has 51 heavy (non-hydrogen) atoms. The molecule has 0 aromatic rings. The van der Waals surface area contributed by atoms with Gasteiger partial charge in [0.2, 0.25) is 0 Å². The van der Waals surface area contributed by atoms with Crippen molar-refractivity contribution < 1.29 is 18.9 Å². The third-order valence-corrected chi connectivity index (χ3v) is 28.6. The Morgan fingerprint density at radius 3 is 1.08 bits per heavy atom. The zero-order chi connectivity index (χ0) is 35.7. The first-order chi connectivity index (χ1) is 25.1. The summed E-state index contributed by atoms with van der Waals surface area (Å²) in [6, 6.07) is 2.29. The van der Waals surface area contributed by atoms with Gasteiger partial charge in [0.25, 0.3) is 0 Å². The average Bonchev–Trinajstić information content (AvgIpc) is 3.94. The molecule has 0 fully saturated rings. The molecule has 282 valence electrons. The summed E-state index contributed by atoms with van der Waals surface area (Å²) >= 11 is 30.2. The third kappa shape index (κ3) is 15.2. The molecule has 0 aliphatic carbocycles. The van der Waals surface area contributed by atoms with Crippen molar-refractivity contribution in [3.8, 4) is 6.07 Å². The largest absolute Gasteiger partial charge is 0.378 e. The molecule has 0 saturated heterocycles. The number of thioether (sulfide) groups is 16. The lowest BCUT2D eigenvalue weighted by Gasteiger charge is -2.08. The molecule has 21 heteroatoms. The van der Waals surface area contributed by atoms with Crippen LogP contribution in [0.2, 0.25) is 0 Å². The highest BCUT2D eigenvalue weighted by Gasteiger charge is 2.32. The van der Waals surface area contributed by atoms with Gasteiger partial charge in [0.05, 0.1) is 110 Å². The maximum Gasteiger partial charge on any atom is 0.0717 e. The molecule has 0 aromatic carbocycles. The molecule has 0 spiro atoms. The first-order valence-corrected chi connectivity index (χ1v) is 30.6. The van der Waals surface area contributed by atoms with Gasteiger partial charge in [0.1, 0.15) is 0 Å². The second-order valence-corrected chi connectivity index (χ2v) is 28.7. The number of fused-ring (bicyclic) bond motifs is 8. The van der Waals surface area contributed by atoms with Crippen molar-refractivity contribution in [2.24, 2.45) is 0 Å². The minimum absolute atomic E-state index is 0.559. The molecule has 0 saturated carbocycles. The molecule has 0 amide bonds. The Balaban J connectivity index is 1.15. The number of hydrogen-bond acceptors (Lipinski definition) is 21. The lowest BCUT2D eigenvalue weighted by atomic mass is 10.6. The van der Waals surface area contributed by atoms with Crippen LogP contribution in [0.15, 0.2) is 50.8 Å². The molecule has 8 bridgehead atoms. The molecule has 0 N–H and O–H groups in total. The van der Waals surface area contributed by atoms with Gasteiger partial charge < -0.3 is 18.9 Å². The Bertz CT molecular complexity index is 1440. The Labute approximate surface area is 371 Å². The van der Waals surface area contributed by atoms with Gasteiger partial charge >= 0.3 is 0 Å². The molecular formula is C30H37NO4S16. The minimum atomic E-state index is 0.559. The summed E-state index contributed by atoms with van der Waals surface area (Å²) in [6.07, 6.45) is 7.08. The van der Waals surface area contributed by atoms with Crippen LogP contribution in [0.3, 0.4) is 0 Å². The van der Waals surface area contributed by atoms with Crippen LogP contribution < -0.4 is 0 Å². The van der Waals surface area contributed by atoms with E-state index in [0.29, 0.717) is 52.7 Å². The van der Waals surface area contributed by atoms with Crippen molar-refractivity contribution in [1.29, 1.82) is 5.26 Å². The zero-order valence-corrected chi connectivity index (χ0v) is 41.1. The lowest BCUT2D eigenvalue weighted by molar-refractivity contribution is 0.0605. The molecule has 0 unspecified atom stereocenters. The summed E-state index contributed by atoms with van der Waals surface area (Å²) in [6.45, 7) is 5.31. The van der Waals surface area contributed by atoms with Gasteiger partial charge in [-0.2, -0.15) is 5.26 Å². The van der Waals surface area contributed by atoms with Crippen molar-refractivity contribution in [2.45, 2.75) is 6.42 Å². The predicted octanol–water partition coefficient (Wildman–Crippen LogP) is 13.4. The van der Waals surface area contributed by atoms with Crippen LogP contribution in [0.4, 0.5) is 0 Å². The van der Waals surface area contributed by atoms with Gasteiger partial charge in [-0.25, -0.2) is 0 Å². The second kappa shape index (κ2) is 26.5. The van der Waals surface area contributed by atoms with E-state index in [1.807, 2.05) is 188 Å². The number of ether oxygens (including phenoxy) is 4. The fourth-order valence-electron chi connectivity index (χ4n) is 3.85. The van der Waals surface area contributed by atoms with E-state index in [4.69, 9.17) is 24.2 Å². The van der Waals surface area contributed by atoms with Crippen LogP contribution in [0.25, 0.3) is 0 Å². The second-order valence-electron chi connectivity index (χ2n) is 9.48. The molecule has 5 aliphatic heterocycles. The summed E-state index contributed by atoms with van der Waals surface area (Å²) < 4.78 is 40.3. The maximum absolute atomic E-state index is 9.12. The van der Waals surface area contributed by atoms with E-state index in [1.165, 1.54) is 50.8 Å². The smallest absolute Gasteiger partial charge is 0.0717 e. The van der Waals surface area contributed by atoms with Gasteiger partial charge in [-0.1, -0.05) is 94.1 Å². The van der Waals surface area contributed by atoms with E-state index in [1.54, 1.807) is 0 Å². The van der Waals surface area contributed by atoms with Gasteiger partial charge in [-0.3, -0.25) is 0 Å². The fourth-order valence-corrected chi connectivity index (χ4v) is 26.2. The normalized spacial score (nSPS) is 26.2. The zero-order valence-electron chi connectivity index (χ0n) is 28.0. The van der Waals surface area contributed by atoms with E-state index in [9.17, 15) is 0 Å². The van der Waals surface area contributed by atoms with Crippen molar-refractivity contribution in [3.05, 3.63) is 50.8 Å². The van der Waals surface area contributed by atoms with Crippen molar-refractivity contribution in [3.63, 3.8) is 0 Å². The number of hydrogen-bond donors (Lipinski definition) is 0. The van der Waals surface area contributed by atoms with E-state index in [-0.39, 0.29) is 0 Å². The van der Waals surface area contributed by atoms with Crippen LogP contribution >= 0.6 is 188 Å². The first-order valence-electron chi connectivity index (χ1n) is 15.5. The standard InChI is InChI=1S/C30H37NO4S16/c1-36-19-22-40-15-10-32-6-7-33-12-17-42-24-21(38-3)46-29(49-24)30-50-25(39-14-4-5-31)26(51-30)43-18-13-35-9-8-34-11-16-41-23-20(37-2)45-28(48-23)27(44-19)47-22/h4,6-18H2,1-3H3/b28-27-,30-29-. The monoisotopic (exact) mass is 987 g/mol. The van der Waals surface area contributed by atoms with Gasteiger partial charge in [0, 0.05) is 35.2 Å². The van der Waals surface area contributed by atoms with E-state index >= 15 is 0 Å². The van der Waals surface area contributed by atoms with Crippen LogP contribution in [0, 0.1) is 11.3 Å². The molecule has 5 nitrogen and oxygen atoms in total. The summed E-state index contributed by atoms with van der Waals surface area (Å²) in [5.74, 6) is 4.52. The summed E-state index contributed by atoms with van der Waals surface area (Å²) in [5, 5.41) is 9.12. The molecule has 5 heterocycles. The summed E-state index contributed by atoms with van der Waals surface area (Å²) in [7, 11) is 0. The quantitative estimate of drug-likeness (QED) is 0.237. The summed E-state index contributed by atoms with van der Waals surface area (Å²) in [4.78, 5) is 0. The maximum atomic E-state index is 9.12. The van der Waals surface area contributed by atoms with Gasteiger partial charge in [-0.15, -0.1) is 94.1 Å². The van der Waals surface area contributed by atoms with Crippen LogP contribution in [0.1, 0.15) is 6.42 Å². The number of nitriles is 1. The molecule has 5 rings (SSSR count). The average molecular weight is 989 g/mol. The van der Waals surface area contributed by atoms with Crippen LogP contribution in [-0.2, 0) is 18.9 Å². The topological polar surface area (TPSA) is 60.7 Å². The van der Waals surface area contributed by atoms with Crippen LogP contribution in [0.5, 0.6) is 0 Å². The SMILES string of the molecule is CSC1=C2SCCOCCOCCSC3=C(SC)S/C(=C4\SC(SCCC#N)=C(SCCOCCOCCSC5=C(SC)S/C(=C(\S1)S2)S5)S4)S3. The highest BCUT2D eigenvalue weighted by atomic mass is 32.3. The molecular weight excluding hydrogens is 951 g/mol. The van der Waals surface area contributed by atoms with Gasteiger partial charge in [0.15, 0.2) is 0 Å². The van der Waals surface area contributed by atoms with Crippen molar-refractivity contribution in [1.82, 2.24) is 0 Å².